The van der Waals surface area contributed by atoms with E-state index >= 15 is 0 Å². The zero-order valence-electron chi connectivity index (χ0n) is 56.1. The normalized spacial score (nSPS) is 10.2. The number of aromatic hydroxyl groups is 2. The summed E-state index contributed by atoms with van der Waals surface area (Å²) in [6.07, 6.45) is 1.66. The topological polar surface area (TPSA) is 87.1 Å². The van der Waals surface area contributed by atoms with Crippen molar-refractivity contribution in [3.8, 4) is 45.3 Å². The smallest absolute Gasteiger partial charge is 0.684 e. The summed E-state index contributed by atoms with van der Waals surface area (Å²) in [5.41, 5.74) is 17.5. The monoisotopic (exact) mass is 1470 g/mol. The molecule has 10 aromatic carbocycles. The maximum atomic E-state index is 10.3. The Labute approximate surface area is 592 Å². The van der Waals surface area contributed by atoms with E-state index in [0.717, 1.165) is 104 Å². The van der Waals surface area contributed by atoms with Gasteiger partial charge in [-0.3, -0.25) is 0 Å². The van der Waals surface area contributed by atoms with Crippen LogP contribution in [-0.2, 0) is 52.0 Å². The van der Waals surface area contributed by atoms with E-state index in [2.05, 4.69) is 132 Å². The molecule has 8 heteroatoms. The molecule has 6 nitrogen and oxygen atoms in total. The first-order valence-electron chi connectivity index (χ1n) is 31.5. The Morgan fingerprint density at radius 1 is 0.337 bits per heavy atom. The fourth-order valence-electron chi connectivity index (χ4n) is 9.54. The van der Waals surface area contributed by atoms with E-state index in [9.17, 15) is 10.2 Å². The van der Waals surface area contributed by atoms with Crippen molar-refractivity contribution >= 4 is 11.4 Å². The van der Waals surface area contributed by atoms with Crippen LogP contribution in [0, 0.1) is 41.5 Å². The summed E-state index contributed by atoms with van der Waals surface area (Å²) < 4.78 is 12.2. The SMILES string of the molecule is Cc1ccc(OCCC[N-]c2c(C(C)C)cccc2C(C)C)c(-c2ccccc2O)c1.Cc1ccc(OCCC[N-]c2c(C(C)C)cccc2C(C)C)c(-c2ccccc2O)c1.[CH2-]c1ccccc1.[CH2-]c1ccccc1.[CH2-]c1ccccc1.[CH2-]c1ccccc1.[Hf].[Zr+3]. The third kappa shape index (κ3) is 27.6. The molecule has 0 fully saturated rings. The molecule has 0 atom stereocenters. The van der Waals surface area contributed by atoms with E-state index in [0.29, 0.717) is 36.9 Å². The van der Waals surface area contributed by atoms with Crippen LogP contribution < -0.4 is 9.47 Å². The molecule has 92 heavy (non-hydrogen) atoms. The third-order valence-corrected chi connectivity index (χ3v) is 14.4. The molecule has 10 rings (SSSR count). The van der Waals surface area contributed by atoms with Crippen LogP contribution >= 0.6 is 0 Å². The number of hydrogen-bond acceptors (Lipinski definition) is 4. The van der Waals surface area contributed by atoms with Crippen LogP contribution in [-0.4, -0.2) is 36.5 Å². The van der Waals surface area contributed by atoms with Gasteiger partial charge < -0.3 is 30.3 Å². The molecule has 0 aliphatic carbocycles. The van der Waals surface area contributed by atoms with Crippen molar-refractivity contribution in [2.75, 3.05) is 26.3 Å². The van der Waals surface area contributed by atoms with Gasteiger partial charge in [0.15, 0.2) is 0 Å². The molecular formula is C84H96HfN2O4Zr-3. The van der Waals surface area contributed by atoms with Gasteiger partial charge in [-0.15, -0.1) is 73.0 Å². The molecule has 1 radical (unpaired) electrons. The Morgan fingerprint density at radius 2 is 0.598 bits per heavy atom. The maximum Gasteiger partial charge on any atom is 3.00 e. The van der Waals surface area contributed by atoms with Crippen LogP contribution in [0.4, 0.5) is 11.4 Å². The average molecular weight is 1470 g/mol. The number of benzene rings is 10. The molecule has 0 amide bonds. The van der Waals surface area contributed by atoms with Gasteiger partial charge in [-0.05, 0) is 86.8 Å². The van der Waals surface area contributed by atoms with E-state index in [-0.39, 0.29) is 63.5 Å². The molecule has 0 aliphatic rings. The zero-order chi connectivity index (χ0) is 65.2. The number of nitrogens with zero attached hydrogens (tertiary/aromatic N) is 2. The predicted octanol–water partition coefficient (Wildman–Crippen LogP) is 23.6. The van der Waals surface area contributed by atoms with Gasteiger partial charge in [-0.1, -0.05) is 198 Å². The van der Waals surface area contributed by atoms with E-state index < -0.39 is 0 Å². The van der Waals surface area contributed by atoms with Gasteiger partial charge in [0, 0.05) is 48.1 Å². The van der Waals surface area contributed by atoms with Crippen molar-refractivity contribution in [3.05, 3.63) is 337 Å². The summed E-state index contributed by atoms with van der Waals surface area (Å²) >= 11 is 0. The maximum absolute atomic E-state index is 10.3. The number of rotatable bonds is 18. The number of phenolic OH excluding ortho intramolecular Hbond substituents is 2. The Morgan fingerprint density at radius 3 is 0.837 bits per heavy atom. The van der Waals surface area contributed by atoms with Gasteiger partial charge in [-0.25, -0.2) is 0 Å². The quantitative estimate of drug-likeness (QED) is 0.0509. The van der Waals surface area contributed by atoms with Gasteiger partial charge in [-0.2, -0.15) is 98.5 Å². The van der Waals surface area contributed by atoms with Crippen LogP contribution in [0.15, 0.2) is 243 Å². The molecule has 0 aromatic heterocycles. The van der Waals surface area contributed by atoms with E-state index in [1.807, 2.05) is 196 Å². The molecule has 0 heterocycles. The molecule has 0 aliphatic heterocycles. The van der Waals surface area contributed by atoms with Crippen molar-refractivity contribution in [2.45, 2.75) is 106 Å². The van der Waals surface area contributed by atoms with Crippen LogP contribution in [0.1, 0.15) is 148 Å². The van der Waals surface area contributed by atoms with Crippen molar-refractivity contribution in [3.63, 3.8) is 0 Å². The van der Waals surface area contributed by atoms with Crippen molar-refractivity contribution < 1.29 is 71.7 Å². The first-order valence-corrected chi connectivity index (χ1v) is 31.5. The van der Waals surface area contributed by atoms with Gasteiger partial charge in [0.05, 0.1) is 13.2 Å². The van der Waals surface area contributed by atoms with Gasteiger partial charge in [0.2, 0.25) is 0 Å². The number of phenols is 2. The average Bonchev–Trinajstić information content (AvgIpc) is 0.923. The molecule has 0 saturated heterocycles. The molecule has 0 spiro atoms. The summed E-state index contributed by atoms with van der Waals surface area (Å²) in [6.45, 7) is 39.4. The summed E-state index contributed by atoms with van der Waals surface area (Å²) in [5.74, 6) is 3.89. The van der Waals surface area contributed by atoms with E-state index in [4.69, 9.17) is 20.1 Å². The molecule has 10 aromatic rings. The number of aryl methyl sites for hydroxylation is 2. The van der Waals surface area contributed by atoms with Gasteiger partial charge in [0.1, 0.15) is 23.0 Å². The minimum absolute atomic E-state index is 0. The summed E-state index contributed by atoms with van der Waals surface area (Å²) in [6, 6.07) is 79.5. The fourth-order valence-corrected chi connectivity index (χ4v) is 9.54. The molecule has 0 saturated carbocycles. The Bertz CT molecular complexity index is 3250. The second kappa shape index (κ2) is 43.1. The third-order valence-electron chi connectivity index (χ3n) is 14.4. The fraction of sp³-hybridized carbons (Fsp3) is 0.238. The zero-order valence-corrected chi connectivity index (χ0v) is 62.1. The van der Waals surface area contributed by atoms with Crippen molar-refractivity contribution in [1.82, 2.24) is 0 Å². The van der Waals surface area contributed by atoms with Crippen LogP contribution in [0.3, 0.4) is 0 Å². The van der Waals surface area contributed by atoms with Gasteiger partial charge >= 0.3 is 26.2 Å². The van der Waals surface area contributed by atoms with Crippen LogP contribution in [0.2, 0.25) is 0 Å². The number of hydrogen-bond donors (Lipinski definition) is 2. The minimum atomic E-state index is 0. The van der Waals surface area contributed by atoms with Gasteiger partial charge in [0.25, 0.3) is 0 Å². The largest absolute Gasteiger partial charge is 3.00 e. The molecular weight excluding hydrogens is 1370 g/mol. The first-order chi connectivity index (χ1) is 43.3. The summed E-state index contributed by atoms with van der Waals surface area (Å²) in [4.78, 5) is 0. The first kappa shape index (κ1) is 78.5. The second-order valence-electron chi connectivity index (χ2n) is 23.3. The van der Waals surface area contributed by atoms with Crippen LogP contribution in [0.25, 0.3) is 32.9 Å². The van der Waals surface area contributed by atoms with E-state index in [1.165, 1.54) is 22.3 Å². The molecule has 2 N–H and O–H groups in total. The second-order valence-corrected chi connectivity index (χ2v) is 23.3. The van der Waals surface area contributed by atoms with Crippen LogP contribution in [0.5, 0.6) is 23.0 Å². The molecule has 0 unspecified atom stereocenters. The summed E-state index contributed by atoms with van der Waals surface area (Å²) in [7, 11) is 0. The molecule has 0 bridgehead atoms. The molecule has 477 valence electrons. The Kier molecular flexibility index (Phi) is 36.8. The standard InChI is InChI=1S/2C28H34NO2.4C7H7.Hf.Zr/c2*1-19(2)22-11-8-12-23(20(3)4)28(22)29-16-9-17-31-27-15-14-21(5)18-25(27)24-10-6-7-13-26(24)30;4*1-7-5-3-2-4-6-7;;/h2*6-8,10-15,18-20,30H,9,16-17H2,1-5H3;4*2-6H,1H2;;/q6*-1;;+3. The van der Waals surface area contributed by atoms with Crippen molar-refractivity contribution in [2.24, 2.45) is 0 Å². The number of ether oxygens (including phenoxy) is 2. The van der Waals surface area contributed by atoms with E-state index in [1.54, 1.807) is 12.1 Å². The summed E-state index contributed by atoms with van der Waals surface area (Å²) in [5, 5.41) is 30.5. The Hall–Kier alpha value is -7.77. The Balaban J connectivity index is 0.000000332. The van der Waals surface area contributed by atoms with Crippen molar-refractivity contribution in [1.29, 1.82) is 0 Å². The predicted molar refractivity (Wildman–Crippen MR) is 385 cm³/mol. The minimum Gasteiger partial charge on any atom is -0.684 e. The number of para-hydroxylation sites is 4.